The molecule has 1 aliphatic rings. The molecule has 0 N–H and O–H groups in total. The van der Waals surface area contributed by atoms with E-state index in [1.165, 1.54) is 25.8 Å². The molecule has 1 nitrogen and oxygen atoms in total. The second kappa shape index (κ2) is 5.43. The van der Waals surface area contributed by atoms with Crippen LogP contribution in [0.15, 0.2) is 12.2 Å². The van der Waals surface area contributed by atoms with Crippen molar-refractivity contribution in [1.82, 2.24) is 4.90 Å². The number of nitrogens with zero attached hydrogens (tertiary/aromatic N) is 1. The molecule has 1 aliphatic heterocycles. The summed E-state index contributed by atoms with van der Waals surface area (Å²) >= 11 is 0. The van der Waals surface area contributed by atoms with Crippen molar-refractivity contribution in [2.75, 3.05) is 13.1 Å². The van der Waals surface area contributed by atoms with E-state index in [0.29, 0.717) is 0 Å². The summed E-state index contributed by atoms with van der Waals surface area (Å²) in [4.78, 5) is 2.61. The van der Waals surface area contributed by atoms with E-state index in [9.17, 15) is 0 Å². The Morgan fingerprint density at radius 3 is 2.77 bits per heavy atom. The van der Waals surface area contributed by atoms with Crippen LogP contribution < -0.4 is 0 Å². The third-order valence-electron chi connectivity index (χ3n) is 3.26. The molecule has 0 amide bonds. The average molecular weight is 181 g/mol. The van der Waals surface area contributed by atoms with Crippen molar-refractivity contribution in [2.24, 2.45) is 5.92 Å². The fourth-order valence-electron chi connectivity index (χ4n) is 2.09. The molecule has 1 heteroatoms. The lowest BCUT2D eigenvalue weighted by Gasteiger charge is -2.37. The second-order valence-corrected chi connectivity index (χ2v) is 4.22. The summed E-state index contributed by atoms with van der Waals surface area (Å²) in [6.07, 6.45) is 8.59. The molecule has 0 saturated carbocycles. The third-order valence-corrected chi connectivity index (χ3v) is 3.26. The molecule has 0 unspecified atom stereocenters. The topological polar surface area (TPSA) is 3.24 Å². The van der Waals surface area contributed by atoms with E-state index in [4.69, 9.17) is 0 Å². The Labute approximate surface area is 82.8 Å². The average Bonchev–Trinajstić information content (AvgIpc) is 2.17. The van der Waals surface area contributed by atoms with Crippen LogP contribution in [0.4, 0.5) is 0 Å². The molecule has 0 aromatic rings. The first-order valence-corrected chi connectivity index (χ1v) is 5.63. The van der Waals surface area contributed by atoms with Gasteiger partial charge in [0.25, 0.3) is 0 Å². The maximum absolute atomic E-state index is 2.61. The quantitative estimate of drug-likeness (QED) is 0.605. The fourth-order valence-corrected chi connectivity index (χ4v) is 2.09. The fraction of sp³-hybridized carbons (Fsp3) is 0.833. The summed E-state index contributed by atoms with van der Waals surface area (Å²) < 4.78 is 0. The molecule has 0 aromatic carbocycles. The van der Waals surface area contributed by atoms with Crippen LogP contribution in [0.25, 0.3) is 0 Å². The number of allylic oxidation sites excluding steroid dienone is 1. The molecule has 0 bridgehead atoms. The zero-order valence-electron chi connectivity index (χ0n) is 9.29. The van der Waals surface area contributed by atoms with Crippen LogP contribution in [0.3, 0.4) is 0 Å². The maximum atomic E-state index is 2.61. The highest BCUT2D eigenvalue weighted by Gasteiger charge is 2.22. The standard InChI is InChI=1S/C12H23N/c1-4-6-9-13-10-12(5-2)8-7-11(13)3/h4,6,11-12H,5,7-10H2,1-3H3/b6-4+/t11-,12+/m1/s1. The van der Waals surface area contributed by atoms with Gasteiger partial charge in [-0.3, -0.25) is 4.90 Å². The van der Waals surface area contributed by atoms with Gasteiger partial charge in [-0.05, 0) is 32.6 Å². The monoisotopic (exact) mass is 181 g/mol. The minimum Gasteiger partial charge on any atom is -0.297 e. The van der Waals surface area contributed by atoms with E-state index in [0.717, 1.165) is 18.5 Å². The van der Waals surface area contributed by atoms with Gasteiger partial charge in [-0.1, -0.05) is 25.5 Å². The molecule has 0 aromatic heterocycles. The Hall–Kier alpha value is -0.300. The molecule has 1 heterocycles. The van der Waals surface area contributed by atoms with Gasteiger partial charge in [0.1, 0.15) is 0 Å². The first kappa shape index (κ1) is 10.8. The van der Waals surface area contributed by atoms with Gasteiger partial charge in [0.2, 0.25) is 0 Å². The predicted molar refractivity (Wildman–Crippen MR) is 58.9 cm³/mol. The van der Waals surface area contributed by atoms with Crippen LogP contribution in [0, 0.1) is 5.92 Å². The smallest absolute Gasteiger partial charge is 0.0166 e. The van der Waals surface area contributed by atoms with Crippen molar-refractivity contribution in [3.05, 3.63) is 12.2 Å². The first-order chi connectivity index (χ1) is 6.27. The zero-order chi connectivity index (χ0) is 9.68. The van der Waals surface area contributed by atoms with Crippen LogP contribution in [-0.2, 0) is 0 Å². The van der Waals surface area contributed by atoms with Crippen molar-refractivity contribution in [2.45, 2.75) is 46.1 Å². The first-order valence-electron chi connectivity index (χ1n) is 5.63. The van der Waals surface area contributed by atoms with Crippen LogP contribution in [0.2, 0.25) is 0 Å². The number of likely N-dealkylation sites (tertiary alicyclic amines) is 1. The Kier molecular flexibility index (Phi) is 4.51. The lowest BCUT2D eigenvalue weighted by atomic mass is 9.91. The normalized spacial score (nSPS) is 31.3. The van der Waals surface area contributed by atoms with Gasteiger partial charge in [0.05, 0.1) is 0 Å². The maximum Gasteiger partial charge on any atom is 0.0166 e. The summed E-state index contributed by atoms with van der Waals surface area (Å²) in [5, 5.41) is 0. The SMILES string of the molecule is C/C=C/CN1C[C@@H](CC)CC[C@H]1C. The number of hydrogen-bond donors (Lipinski definition) is 0. The van der Waals surface area contributed by atoms with Crippen molar-refractivity contribution in [1.29, 1.82) is 0 Å². The van der Waals surface area contributed by atoms with Gasteiger partial charge in [0.15, 0.2) is 0 Å². The summed E-state index contributed by atoms with van der Waals surface area (Å²) in [7, 11) is 0. The molecule has 0 aliphatic carbocycles. The van der Waals surface area contributed by atoms with Gasteiger partial charge >= 0.3 is 0 Å². The molecule has 0 radical (unpaired) electrons. The molecule has 1 saturated heterocycles. The van der Waals surface area contributed by atoms with E-state index in [-0.39, 0.29) is 0 Å². The Bertz CT molecular complexity index is 163. The zero-order valence-corrected chi connectivity index (χ0v) is 9.29. The Morgan fingerprint density at radius 2 is 2.15 bits per heavy atom. The van der Waals surface area contributed by atoms with Gasteiger partial charge in [-0.2, -0.15) is 0 Å². The molecule has 1 rings (SSSR count). The van der Waals surface area contributed by atoms with E-state index in [2.05, 4.69) is 37.8 Å². The number of piperidine rings is 1. The van der Waals surface area contributed by atoms with Crippen LogP contribution in [0.1, 0.15) is 40.0 Å². The summed E-state index contributed by atoms with van der Waals surface area (Å²) in [5.41, 5.74) is 0. The molecular formula is C12H23N. The molecule has 76 valence electrons. The van der Waals surface area contributed by atoms with E-state index >= 15 is 0 Å². The van der Waals surface area contributed by atoms with E-state index < -0.39 is 0 Å². The predicted octanol–water partition coefficient (Wildman–Crippen LogP) is 3.07. The van der Waals surface area contributed by atoms with Gasteiger partial charge in [0, 0.05) is 19.1 Å². The van der Waals surface area contributed by atoms with Crippen molar-refractivity contribution < 1.29 is 0 Å². The highest BCUT2D eigenvalue weighted by molar-refractivity contribution is 4.86. The van der Waals surface area contributed by atoms with Crippen molar-refractivity contribution in [3.63, 3.8) is 0 Å². The second-order valence-electron chi connectivity index (χ2n) is 4.22. The number of rotatable bonds is 3. The lowest BCUT2D eigenvalue weighted by Crippen LogP contribution is -2.41. The van der Waals surface area contributed by atoms with Gasteiger partial charge in [-0.25, -0.2) is 0 Å². The summed E-state index contributed by atoms with van der Waals surface area (Å²) in [5.74, 6) is 0.946. The number of hydrogen-bond acceptors (Lipinski definition) is 1. The molecule has 2 atom stereocenters. The third kappa shape index (κ3) is 3.15. The Morgan fingerprint density at radius 1 is 1.38 bits per heavy atom. The molecule has 0 spiro atoms. The van der Waals surface area contributed by atoms with Crippen molar-refractivity contribution in [3.8, 4) is 0 Å². The largest absolute Gasteiger partial charge is 0.297 e. The van der Waals surface area contributed by atoms with Crippen LogP contribution in [0.5, 0.6) is 0 Å². The van der Waals surface area contributed by atoms with Gasteiger partial charge in [-0.15, -0.1) is 0 Å². The minimum atomic E-state index is 0.791. The molecule has 1 fully saturated rings. The summed E-state index contributed by atoms with van der Waals surface area (Å²) in [6.45, 7) is 9.23. The van der Waals surface area contributed by atoms with E-state index in [1.807, 2.05) is 0 Å². The summed E-state index contributed by atoms with van der Waals surface area (Å²) in [6, 6.07) is 0.791. The Balaban J connectivity index is 2.40. The minimum absolute atomic E-state index is 0.791. The highest BCUT2D eigenvalue weighted by atomic mass is 15.2. The molecular weight excluding hydrogens is 158 g/mol. The highest BCUT2D eigenvalue weighted by Crippen LogP contribution is 2.23. The lowest BCUT2D eigenvalue weighted by molar-refractivity contribution is 0.130. The van der Waals surface area contributed by atoms with Crippen LogP contribution in [-0.4, -0.2) is 24.0 Å². The van der Waals surface area contributed by atoms with Gasteiger partial charge < -0.3 is 0 Å². The van der Waals surface area contributed by atoms with Crippen LogP contribution >= 0.6 is 0 Å². The molecule has 13 heavy (non-hydrogen) atoms. The van der Waals surface area contributed by atoms with Crippen molar-refractivity contribution >= 4 is 0 Å². The van der Waals surface area contributed by atoms with E-state index in [1.54, 1.807) is 0 Å².